The highest BCUT2D eigenvalue weighted by Gasteiger charge is 2.50. The maximum atomic E-state index is 12.9. The number of carbonyl (C=O) groups excluding carboxylic acids is 1. The van der Waals surface area contributed by atoms with Gasteiger partial charge in [0.25, 0.3) is 5.91 Å². The summed E-state index contributed by atoms with van der Waals surface area (Å²) < 4.78 is 0. The van der Waals surface area contributed by atoms with Crippen molar-refractivity contribution in [2.45, 2.75) is 82.3 Å². The normalized spacial score (nSPS) is 35.5. The molecule has 0 aromatic heterocycles. The predicted molar refractivity (Wildman–Crippen MR) is 127 cm³/mol. The van der Waals surface area contributed by atoms with E-state index in [9.17, 15) is 9.90 Å². The molecule has 2 heterocycles. The molecule has 2 saturated heterocycles. The van der Waals surface area contributed by atoms with E-state index in [1.165, 1.54) is 5.57 Å². The number of benzene rings is 1. The highest BCUT2D eigenvalue weighted by atomic mass is 16.3. The Kier molecular flexibility index (Phi) is 6.49. The number of rotatable bonds is 5. The lowest BCUT2D eigenvalue weighted by molar-refractivity contribution is -0.0680. The smallest absolute Gasteiger partial charge is 0.251 e. The van der Waals surface area contributed by atoms with Crippen LogP contribution in [0.3, 0.4) is 0 Å². The first-order valence-electron chi connectivity index (χ1n) is 12.6. The molecule has 2 aliphatic heterocycles. The number of aliphatic hydroxyl groups excluding tert-OH is 1. The summed E-state index contributed by atoms with van der Waals surface area (Å²) >= 11 is 0. The van der Waals surface area contributed by atoms with Gasteiger partial charge in [0.15, 0.2) is 0 Å². The number of hydrogen-bond acceptors (Lipinski definition) is 4. The summed E-state index contributed by atoms with van der Waals surface area (Å²) in [4.78, 5) is 15.2. The third kappa shape index (κ3) is 4.07. The first kappa shape index (κ1) is 21.9. The molecule has 0 radical (unpaired) electrons. The fraction of sp³-hybridized carbons (Fsp3) is 0.593. The molecule has 1 saturated carbocycles. The fourth-order valence-electron chi connectivity index (χ4n) is 6.70. The van der Waals surface area contributed by atoms with E-state index in [0.29, 0.717) is 29.6 Å². The van der Waals surface area contributed by atoms with Crippen molar-refractivity contribution in [3.8, 4) is 0 Å². The zero-order chi connectivity index (χ0) is 22.1. The zero-order valence-electron chi connectivity index (χ0n) is 19.1. The van der Waals surface area contributed by atoms with Crippen molar-refractivity contribution in [2.24, 2.45) is 11.8 Å². The molecule has 32 heavy (non-hydrogen) atoms. The van der Waals surface area contributed by atoms with Gasteiger partial charge in [-0.2, -0.15) is 0 Å². The van der Waals surface area contributed by atoms with Crippen molar-refractivity contribution in [2.75, 3.05) is 6.54 Å². The van der Waals surface area contributed by atoms with Gasteiger partial charge in [-0.15, -0.1) is 0 Å². The van der Waals surface area contributed by atoms with Crippen LogP contribution in [0.25, 0.3) is 0 Å². The highest BCUT2D eigenvalue weighted by Crippen LogP contribution is 2.42. The van der Waals surface area contributed by atoms with Gasteiger partial charge in [0.1, 0.15) is 6.23 Å². The second-order valence-corrected chi connectivity index (χ2v) is 10.0. The summed E-state index contributed by atoms with van der Waals surface area (Å²) in [6, 6.07) is 10.7. The van der Waals surface area contributed by atoms with Gasteiger partial charge in [-0.05, 0) is 55.7 Å². The maximum Gasteiger partial charge on any atom is 0.251 e. The molecule has 5 rings (SSSR count). The van der Waals surface area contributed by atoms with Crippen LogP contribution in [-0.2, 0) is 0 Å². The second kappa shape index (κ2) is 9.50. The summed E-state index contributed by atoms with van der Waals surface area (Å²) in [5.41, 5.74) is 2.14. The lowest BCUT2D eigenvalue weighted by Gasteiger charge is -2.48. The van der Waals surface area contributed by atoms with Crippen LogP contribution < -0.4 is 10.6 Å². The van der Waals surface area contributed by atoms with Crippen LogP contribution >= 0.6 is 0 Å². The third-order valence-corrected chi connectivity index (χ3v) is 8.29. The summed E-state index contributed by atoms with van der Waals surface area (Å²) in [5.74, 6) is 0.593. The van der Waals surface area contributed by atoms with Crippen LogP contribution in [0.1, 0.15) is 62.2 Å². The Bertz CT molecular complexity index is 867. The van der Waals surface area contributed by atoms with Gasteiger partial charge in [0.05, 0.1) is 0 Å². The first-order chi connectivity index (χ1) is 15.7. The number of aliphatic hydroxyl groups is 1. The van der Waals surface area contributed by atoms with Crippen molar-refractivity contribution >= 4 is 5.91 Å². The average molecular weight is 436 g/mol. The standard InChI is InChI=1S/C27H37N3O2/c1-2-22-20-16-17-30(25(20)19-12-6-8-14-23(19)28-22)27(32)21-13-7-9-15-24(21)29-26(31)18-10-4-3-5-11-18/h3-6,8,10-12,20-25,27-28,32H,2,7,9,13-17H2,1H3,(H,29,31)/t20?,21-,22?,23?,24?,25?,27?/m0/s1. The van der Waals surface area contributed by atoms with Crippen molar-refractivity contribution < 1.29 is 9.90 Å². The van der Waals surface area contributed by atoms with Crippen LogP contribution in [0.4, 0.5) is 0 Å². The topological polar surface area (TPSA) is 64.6 Å². The summed E-state index contributed by atoms with van der Waals surface area (Å²) in [7, 11) is 0. The largest absolute Gasteiger partial charge is 0.378 e. The molecule has 172 valence electrons. The van der Waals surface area contributed by atoms with Gasteiger partial charge >= 0.3 is 0 Å². The van der Waals surface area contributed by atoms with Crippen LogP contribution in [0.15, 0.2) is 54.1 Å². The maximum absolute atomic E-state index is 12.9. The minimum absolute atomic E-state index is 0.0187. The quantitative estimate of drug-likeness (QED) is 0.661. The molecule has 3 fully saturated rings. The van der Waals surface area contributed by atoms with Crippen molar-refractivity contribution in [3.05, 3.63) is 59.7 Å². The Morgan fingerprint density at radius 1 is 1.22 bits per heavy atom. The average Bonchev–Trinajstić information content (AvgIpc) is 3.29. The molecule has 0 bridgehead atoms. The van der Waals surface area contributed by atoms with E-state index in [1.54, 1.807) is 0 Å². The van der Waals surface area contributed by atoms with Crippen LogP contribution in [-0.4, -0.2) is 52.9 Å². The summed E-state index contributed by atoms with van der Waals surface area (Å²) in [6.45, 7) is 3.20. The molecule has 1 aromatic rings. The number of nitrogens with zero attached hydrogens (tertiary/aromatic N) is 1. The van der Waals surface area contributed by atoms with E-state index in [-0.39, 0.29) is 17.9 Å². The fourth-order valence-corrected chi connectivity index (χ4v) is 6.70. The molecule has 7 atom stereocenters. The molecule has 2 aliphatic carbocycles. The summed E-state index contributed by atoms with van der Waals surface area (Å²) in [5, 5.41) is 18.9. The lowest BCUT2D eigenvalue weighted by Crippen LogP contribution is -2.60. The number of carbonyl (C=O) groups is 1. The van der Waals surface area contributed by atoms with Crippen LogP contribution in [0.2, 0.25) is 0 Å². The molecular formula is C27H37N3O2. The molecule has 1 amide bonds. The van der Waals surface area contributed by atoms with E-state index in [0.717, 1.165) is 51.5 Å². The molecule has 5 heteroatoms. The molecule has 5 nitrogen and oxygen atoms in total. The van der Waals surface area contributed by atoms with Gasteiger partial charge in [-0.1, -0.05) is 56.2 Å². The number of fused-ring (bicyclic) bond motifs is 3. The highest BCUT2D eigenvalue weighted by molar-refractivity contribution is 5.94. The van der Waals surface area contributed by atoms with E-state index in [1.807, 2.05) is 30.3 Å². The number of amides is 1. The Morgan fingerprint density at radius 2 is 2.03 bits per heavy atom. The van der Waals surface area contributed by atoms with Gasteiger partial charge in [-0.3, -0.25) is 9.69 Å². The van der Waals surface area contributed by atoms with Gasteiger partial charge < -0.3 is 15.7 Å². The zero-order valence-corrected chi connectivity index (χ0v) is 19.1. The van der Waals surface area contributed by atoms with Gasteiger partial charge in [-0.25, -0.2) is 0 Å². The van der Waals surface area contributed by atoms with E-state index >= 15 is 0 Å². The third-order valence-electron chi connectivity index (χ3n) is 8.29. The molecule has 0 spiro atoms. The second-order valence-electron chi connectivity index (χ2n) is 10.0. The van der Waals surface area contributed by atoms with Crippen molar-refractivity contribution in [1.29, 1.82) is 0 Å². The molecule has 6 unspecified atom stereocenters. The SMILES string of the molecule is CCC1NC2CC=CC=C2C2C1CCN2C(O)[C@H]1CCCCC1NC(=O)c1ccccc1. The predicted octanol–water partition coefficient (Wildman–Crippen LogP) is 3.62. The number of piperidine rings is 1. The number of nitrogens with one attached hydrogen (secondary N) is 2. The Hall–Kier alpha value is -1.95. The molecular weight excluding hydrogens is 398 g/mol. The summed E-state index contributed by atoms with van der Waals surface area (Å²) in [6.07, 6.45) is 13.6. The van der Waals surface area contributed by atoms with Gasteiger partial charge in [0.2, 0.25) is 0 Å². The Morgan fingerprint density at radius 3 is 2.84 bits per heavy atom. The minimum Gasteiger partial charge on any atom is -0.378 e. The Labute approximate surface area is 192 Å². The number of allylic oxidation sites excluding steroid dienone is 2. The van der Waals surface area contributed by atoms with E-state index in [2.05, 4.69) is 40.7 Å². The number of hydrogen-bond donors (Lipinski definition) is 3. The lowest BCUT2D eigenvalue weighted by atomic mass is 9.76. The van der Waals surface area contributed by atoms with Crippen molar-refractivity contribution in [1.82, 2.24) is 15.5 Å². The monoisotopic (exact) mass is 435 g/mol. The van der Waals surface area contributed by atoms with E-state index in [4.69, 9.17) is 0 Å². The first-order valence-corrected chi connectivity index (χ1v) is 12.6. The molecule has 1 aromatic carbocycles. The van der Waals surface area contributed by atoms with Crippen LogP contribution in [0.5, 0.6) is 0 Å². The van der Waals surface area contributed by atoms with Gasteiger partial charge in [0, 0.05) is 42.2 Å². The number of likely N-dealkylation sites (tertiary alicyclic amines) is 1. The van der Waals surface area contributed by atoms with Crippen molar-refractivity contribution in [3.63, 3.8) is 0 Å². The Balaban J connectivity index is 1.36. The molecule has 4 aliphatic rings. The minimum atomic E-state index is -0.519. The van der Waals surface area contributed by atoms with E-state index < -0.39 is 6.23 Å². The molecule has 3 N–H and O–H groups in total. The van der Waals surface area contributed by atoms with Crippen LogP contribution in [0, 0.1) is 11.8 Å².